The van der Waals surface area contributed by atoms with Gasteiger partial charge in [0.25, 0.3) is 0 Å². The Morgan fingerprint density at radius 1 is 1.65 bits per heavy atom. The molecule has 7 nitrogen and oxygen atoms in total. The number of anilines is 1. The molecule has 0 radical (unpaired) electrons. The average molecular weight is 281 g/mol. The van der Waals surface area contributed by atoms with Crippen molar-refractivity contribution in [1.29, 1.82) is 0 Å². The minimum Gasteiger partial charge on any atom is -0.389 e. The highest BCUT2D eigenvalue weighted by Gasteiger charge is 2.26. The first-order valence-electron chi connectivity index (χ1n) is 6.89. The number of aliphatic hydroxyl groups is 1. The molecule has 1 amide bonds. The number of carbonyl (C=O) groups is 1. The highest BCUT2D eigenvalue weighted by molar-refractivity contribution is 5.78. The van der Waals surface area contributed by atoms with Crippen molar-refractivity contribution in [3.8, 4) is 0 Å². The monoisotopic (exact) mass is 281 g/mol. The summed E-state index contributed by atoms with van der Waals surface area (Å²) in [5.74, 6) is 5.01. The van der Waals surface area contributed by atoms with E-state index < -0.39 is 5.60 Å². The van der Waals surface area contributed by atoms with Gasteiger partial charge in [0, 0.05) is 19.3 Å². The first-order valence-corrected chi connectivity index (χ1v) is 6.89. The lowest BCUT2D eigenvalue weighted by atomic mass is 9.97. The van der Waals surface area contributed by atoms with Gasteiger partial charge in [-0.1, -0.05) is 0 Å². The Bertz CT molecular complexity index is 466. The van der Waals surface area contributed by atoms with Crippen LogP contribution in [0.1, 0.15) is 26.7 Å². The maximum Gasteiger partial charge on any atom is 0.238 e. The Morgan fingerprint density at radius 2 is 2.40 bits per heavy atom. The lowest BCUT2D eigenvalue weighted by molar-refractivity contribution is -0.125. The molecule has 1 saturated heterocycles. The van der Waals surface area contributed by atoms with E-state index in [1.54, 1.807) is 24.7 Å². The molecule has 0 bridgehead atoms. The number of carbonyl (C=O) groups excluding carboxylic acids is 1. The van der Waals surface area contributed by atoms with E-state index in [0.717, 1.165) is 25.1 Å². The van der Waals surface area contributed by atoms with E-state index in [2.05, 4.69) is 15.4 Å². The van der Waals surface area contributed by atoms with Crippen molar-refractivity contribution in [2.75, 3.05) is 18.0 Å². The summed E-state index contributed by atoms with van der Waals surface area (Å²) >= 11 is 0. The Kier molecular flexibility index (Phi) is 4.29. The van der Waals surface area contributed by atoms with Crippen LogP contribution in [0.2, 0.25) is 0 Å². The molecule has 112 valence electrons. The average Bonchev–Trinajstić information content (AvgIpc) is 2.84. The van der Waals surface area contributed by atoms with Crippen LogP contribution >= 0.6 is 0 Å². The quantitative estimate of drug-likeness (QED) is 0.405. The number of hydrazine groups is 1. The smallest absolute Gasteiger partial charge is 0.238 e. The van der Waals surface area contributed by atoms with Crippen LogP contribution in [-0.2, 0) is 11.3 Å². The zero-order valence-electron chi connectivity index (χ0n) is 12.0. The second-order valence-electron chi connectivity index (χ2n) is 6.00. The molecule has 2 heterocycles. The van der Waals surface area contributed by atoms with E-state index in [9.17, 15) is 9.90 Å². The van der Waals surface area contributed by atoms with Crippen molar-refractivity contribution in [1.82, 2.24) is 15.2 Å². The highest BCUT2D eigenvalue weighted by Crippen LogP contribution is 2.23. The zero-order valence-corrected chi connectivity index (χ0v) is 12.0. The molecular formula is C13H23N5O2. The molecule has 0 aliphatic carbocycles. The van der Waals surface area contributed by atoms with E-state index in [1.807, 2.05) is 6.20 Å². The molecule has 4 N–H and O–H groups in total. The second kappa shape index (κ2) is 5.80. The number of nitrogens with zero attached hydrogens (tertiary/aromatic N) is 3. The molecule has 1 unspecified atom stereocenters. The van der Waals surface area contributed by atoms with Gasteiger partial charge in [-0.25, -0.2) is 5.84 Å². The summed E-state index contributed by atoms with van der Waals surface area (Å²) in [5.41, 5.74) is 2.40. The van der Waals surface area contributed by atoms with Crippen molar-refractivity contribution in [3.63, 3.8) is 0 Å². The van der Waals surface area contributed by atoms with E-state index in [0.29, 0.717) is 13.1 Å². The van der Waals surface area contributed by atoms with Crippen LogP contribution in [0.4, 0.5) is 5.69 Å². The number of piperidine rings is 1. The van der Waals surface area contributed by atoms with Gasteiger partial charge in [0.2, 0.25) is 5.91 Å². The van der Waals surface area contributed by atoms with Crippen molar-refractivity contribution in [3.05, 3.63) is 12.4 Å². The van der Waals surface area contributed by atoms with Crippen LogP contribution in [-0.4, -0.2) is 39.5 Å². The summed E-state index contributed by atoms with van der Waals surface area (Å²) < 4.78 is 1.72. The number of nitrogens with one attached hydrogen (secondary N) is 1. The van der Waals surface area contributed by atoms with Crippen molar-refractivity contribution < 1.29 is 9.90 Å². The van der Waals surface area contributed by atoms with Gasteiger partial charge in [0.1, 0.15) is 0 Å². The number of nitrogens with two attached hydrogens (primary N) is 1. The van der Waals surface area contributed by atoms with Crippen molar-refractivity contribution in [2.45, 2.75) is 38.8 Å². The van der Waals surface area contributed by atoms with Gasteiger partial charge in [-0.2, -0.15) is 5.10 Å². The Morgan fingerprint density at radius 3 is 3.05 bits per heavy atom. The number of rotatable bonds is 4. The third-order valence-corrected chi connectivity index (χ3v) is 3.47. The molecule has 20 heavy (non-hydrogen) atoms. The lowest BCUT2D eigenvalue weighted by Gasteiger charge is -2.32. The molecule has 0 aromatic carbocycles. The van der Waals surface area contributed by atoms with E-state index in [-0.39, 0.29) is 11.8 Å². The molecule has 0 saturated carbocycles. The van der Waals surface area contributed by atoms with Crippen molar-refractivity contribution in [2.24, 2.45) is 11.8 Å². The van der Waals surface area contributed by atoms with Crippen LogP contribution < -0.4 is 16.2 Å². The molecular weight excluding hydrogens is 258 g/mol. The number of amides is 1. The van der Waals surface area contributed by atoms with Gasteiger partial charge in [0.15, 0.2) is 0 Å². The Hall–Kier alpha value is -1.60. The minimum absolute atomic E-state index is 0.0774. The number of hydrogen-bond donors (Lipinski definition) is 3. The fourth-order valence-electron chi connectivity index (χ4n) is 2.54. The SMILES string of the molecule is CC(C)(O)Cn1cc(N2CCCC(C(=O)NN)C2)cn1. The second-order valence-corrected chi connectivity index (χ2v) is 6.00. The normalized spacial score (nSPS) is 20.0. The van der Waals surface area contributed by atoms with E-state index in [1.165, 1.54) is 0 Å². The van der Waals surface area contributed by atoms with E-state index >= 15 is 0 Å². The molecule has 7 heteroatoms. The molecule has 1 atom stereocenters. The third kappa shape index (κ3) is 3.71. The van der Waals surface area contributed by atoms with Gasteiger partial charge >= 0.3 is 0 Å². The third-order valence-electron chi connectivity index (χ3n) is 3.47. The fourth-order valence-corrected chi connectivity index (χ4v) is 2.54. The number of aromatic nitrogens is 2. The van der Waals surface area contributed by atoms with Gasteiger partial charge in [-0.3, -0.25) is 14.9 Å². The van der Waals surface area contributed by atoms with Gasteiger partial charge in [0.05, 0.1) is 29.9 Å². The predicted octanol–water partition coefficient (Wildman–Crippen LogP) is -0.140. The van der Waals surface area contributed by atoms with Crippen molar-refractivity contribution >= 4 is 11.6 Å². The summed E-state index contributed by atoms with van der Waals surface area (Å²) in [6.45, 7) is 5.49. The largest absolute Gasteiger partial charge is 0.389 e. The van der Waals surface area contributed by atoms with Crippen LogP contribution in [0.25, 0.3) is 0 Å². The molecule has 1 aliphatic rings. The van der Waals surface area contributed by atoms with Gasteiger partial charge in [-0.15, -0.1) is 0 Å². The summed E-state index contributed by atoms with van der Waals surface area (Å²) in [4.78, 5) is 13.8. The molecule has 1 fully saturated rings. The molecule has 1 aliphatic heterocycles. The summed E-state index contributed by atoms with van der Waals surface area (Å²) in [5, 5.41) is 14.1. The summed E-state index contributed by atoms with van der Waals surface area (Å²) in [7, 11) is 0. The topological polar surface area (TPSA) is 96.4 Å². The van der Waals surface area contributed by atoms with Crippen LogP contribution in [0.5, 0.6) is 0 Å². The first kappa shape index (κ1) is 14.8. The predicted molar refractivity (Wildman–Crippen MR) is 75.8 cm³/mol. The summed E-state index contributed by atoms with van der Waals surface area (Å²) in [6, 6.07) is 0. The van der Waals surface area contributed by atoms with Crippen LogP contribution in [0, 0.1) is 5.92 Å². The fraction of sp³-hybridized carbons (Fsp3) is 0.692. The maximum atomic E-state index is 11.6. The highest BCUT2D eigenvalue weighted by atomic mass is 16.3. The number of hydrogen-bond acceptors (Lipinski definition) is 5. The molecule has 1 aromatic rings. The van der Waals surface area contributed by atoms with Crippen LogP contribution in [0.3, 0.4) is 0 Å². The van der Waals surface area contributed by atoms with Crippen LogP contribution in [0.15, 0.2) is 12.4 Å². The molecule has 2 rings (SSSR count). The molecule has 1 aromatic heterocycles. The standard InChI is InChI=1S/C13H23N5O2/c1-13(2,20)9-18-8-11(6-15-18)17-5-3-4-10(7-17)12(19)16-14/h6,8,10,20H,3-5,7,9,14H2,1-2H3,(H,16,19). The summed E-state index contributed by atoms with van der Waals surface area (Å²) in [6.07, 6.45) is 5.49. The maximum absolute atomic E-state index is 11.6. The zero-order chi connectivity index (χ0) is 14.8. The minimum atomic E-state index is -0.798. The van der Waals surface area contributed by atoms with Gasteiger partial charge in [-0.05, 0) is 26.7 Å². The lowest BCUT2D eigenvalue weighted by Crippen LogP contribution is -2.45. The van der Waals surface area contributed by atoms with Gasteiger partial charge < -0.3 is 10.0 Å². The Labute approximate surface area is 118 Å². The molecule has 0 spiro atoms. The Balaban J connectivity index is 2.02. The van der Waals surface area contributed by atoms with E-state index in [4.69, 9.17) is 5.84 Å². The first-order chi connectivity index (χ1) is 9.39.